The molecule has 2 rings (SSSR count). The molecule has 0 bridgehead atoms. The predicted octanol–water partition coefficient (Wildman–Crippen LogP) is 5.38. The number of hydrogen-bond acceptors (Lipinski definition) is 3. The number of benzene rings is 1. The molecule has 1 aromatic carbocycles. The molecule has 0 saturated heterocycles. The number of thioether (sulfide) groups is 1. The maximum Gasteiger partial charge on any atom is 0.161 e. The summed E-state index contributed by atoms with van der Waals surface area (Å²) in [6, 6.07) is 3.78. The van der Waals surface area contributed by atoms with Gasteiger partial charge in [-0.3, -0.25) is 4.99 Å². The Morgan fingerprint density at radius 2 is 2.16 bits per heavy atom. The number of anilines is 1. The fourth-order valence-electron chi connectivity index (χ4n) is 1.90. The van der Waals surface area contributed by atoms with Gasteiger partial charge in [0.1, 0.15) is 0 Å². The van der Waals surface area contributed by atoms with Crippen LogP contribution in [0.3, 0.4) is 0 Å². The summed E-state index contributed by atoms with van der Waals surface area (Å²) in [6.45, 7) is 6.33. The Morgan fingerprint density at radius 1 is 1.42 bits per heavy atom. The van der Waals surface area contributed by atoms with Gasteiger partial charge in [-0.25, -0.2) is 0 Å². The normalized spacial score (nSPS) is 23.1. The molecule has 0 saturated carbocycles. The van der Waals surface area contributed by atoms with Crippen LogP contribution in [0, 0.1) is 6.92 Å². The number of amidine groups is 1. The number of hydrogen-bond donors (Lipinski definition) is 1. The van der Waals surface area contributed by atoms with Gasteiger partial charge in [0.15, 0.2) is 5.17 Å². The van der Waals surface area contributed by atoms with Gasteiger partial charge >= 0.3 is 0 Å². The smallest absolute Gasteiger partial charge is 0.161 e. The molecule has 1 heterocycles. The minimum Gasteiger partial charge on any atom is -0.333 e. The van der Waals surface area contributed by atoms with Crippen LogP contribution in [0.4, 0.5) is 5.69 Å². The summed E-state index contributed by atoms with van der Waals surface area (Å²) in [5, 5.41) is 5.50. The number of aryl methyl sites for hydroxylation is 1. The van der Waals surface area contributed by atoms with Crippen LogP contribution in [-0.4, -0.2) is 16.5 Å². The van der Waals surface area contributed by atoms with E-state index < -0.39 is 0 Å². The number of halogens is 2. The maximum absolute atomic E-state index is 6.31. The molecule has 1 aromatic rings. The number of rotatable bonds is 2. The minimum atomic E-state index is 0.0242. The fraction of sp³-hybridized carbons (Fsp3) is 0.500. The largest absolute Gasteiger partial charge is 0.333 e. The van der Waals surface area contributed by atoms with Crippen LogP contribution in [0.2, 0.25) is 10.0 Å². The topological polar surface area (TPSA) is 24.4 Å². The molecule has 1 aliphatic heterocycles. The van der Waals surface area contributed by atoms with Gasteiger partial charge < -0.3 is 5.32 Å². The van der Waals surface area contributed by atoms with Crippen molar-refractivity contribution in [3.63, 3.8) is 0 Å². The van der Waals surface area contributed by atoms with Gasteiger partial charge in [0, 0.05) is 5.75 Å². The van der Waals surface area contributed by atoms with Crippen molar-refractivity contribution < 1.29 is 0 Å². The van der Waals surface area contributed by atoms with Gasteiger partial charge in [-0.15, -0.1) is 0 Å². The van der Waals surface area contributed by atoms with Crippen LogP contribution in [-0.2, 0) is 0 Å². The van der Waals surface area contributed by atoms with Crippen molar-refractivity contribution in [1.82, 2.24) is 0 Å². The molecule has 0 spiro atoms. The van der Waals surface area contributed by atoms with Gasteiger partial charge in [0.25, 0.3) is 0 Å². The third-order valence-corrected chi connectivity index (χ3v) is 5.21. The van der Waals surface area contributed by atoms with Crippen molar-refractivity contribution in [2.24, 2.45) is 4.99 Å². The zero-order chi connectivity index (χ0) is 14.0. The first-order valence-corrected chi connectivity index (χ1v) is 8.13. The van der Waals surface area contributed by atoms with E-state index in [2.05, 4.69) is 19.2 Å². The van der Waals surface area contributed by atoms with E-state index in [0.29, 0.717) is 10.0 Å². The molecule has 0 aromatic heterocycles. The molecule has 0 amide bonds. The van der Waals surface area contributed by atoms with Crippen LogP contribution >= 0.6 is 35.0 Å². The second-order valence-electron chi connectivity index (χ2n) is 5.04. The summed E-state index contributed by atoms with van der Waals surface area (Å²) in [4.78, 5) is 4.79. The van der Waals surface area contributed by atoms with E-state index in [1.807, 2.05) is 19.1 Å². The van der Waals surface area contributed by atoms with E-state index in [9.17, 15) is 0 Å². The Hall–Kier alpha value is -0.380. The summed E-state index contributed by atoms with van der Waals surface area (Å²) in [6.07, 6.45) is 2.14. The molecule has 1 atom stereocenters. The van der Waals surface area contributed by atoms with Crippen LogP contribution < -0.4 is 5.32 Å². The van der Waals surface area contributed by atoms with Crippen LogP contribution in [0.5, 0.6) is 0 Å². The van der Waals surface area contributed by atoms with Crippen LogP contribution in [0.25, 0.3) is 0 Å². The molecule has 1 aliphatic rings. The van der Waals surface area contributed by atoms with Crippen LogP contribution in [0.1, 0.15) is 32.3 Å². The third-order valence-electron chi connectivity index (χ3n) is 3.53. The van der Waals surface area contributed by atoms with E-state index in [1.54, 1.807) is 11.8 Å². The molecule has 0 fully saturated rings. The average molecular weight is 317 g/mol. The van der Waals surface area contributed by atoms with Gasteiger partial charge in [-0.1, -0.05) is 48.0 Å². The van der Waals surface area contributed by atoms with E-state index >= 15 is 0 Å². The first-order valence-electron chi connectivity index (χ1n) is 6.39. The van der Waals surface area contributed by atoms with Gasteiger partial charge in [0.2, 0.25) is 0 Å². The highest BCUT2D eigenvalue weighted by molar-refractivity contribution is 8.14. The summed E-state index contributed by atoms with van der Waals surface area (Å²) >= 11 is 14.2. The van der Waals surface area contributed by atoms with Gasteiger partial charge in [-0.05, 0) is 38.3 Å². The molecule has 1 unspecified atom stereocenters. The first kappa shape index (κ1) is 15.0. The lowest BCUT2D eigenvalue weighted by Crippen LogP contribution is -2.29. The number of nitrogens with zero attached hydrogens (tertiary/aromatic N) is 1. The lowest BCUT2D eigenvalue weighted by molar-refractivity contribution is 0.443. The lowest BCUT2D eigenvalue weighted by atomic mass is 9.97. The van der Waals surface area contributed by atoms with E-state index in [1.165, 1.54) is 0 Å². The second kappa shape index (κ2) is 5.94. The van der Waals surface area contributed by atoms with Crippen molar-refractivity contribution in [3.8, 4) is 0 Å². The zero-order valence-corrected chi connectivity index (χ0v) is 13.7. The Labute approximate surface area is 129 Å². The Bertz CT molecular complexity index is 516. The monoisotopic (exact) mass is 316 g/mol. The van der Waals surface area contributed by atoms with Crippen molar-refractivity contribution in [3.05, 3.63) is 27.7 Å². The average Bonchev–Trinajstić information content (AvgIpc) is 2.39. The maximum atomic E-state index is 6.31. The summed E-state index contributed by atoms with van der Waals surface area (Å²) in [5.41, 5.74) is 1.79. The SMILES string of the molecule is CCC1(C)CCSC(Nc2c(Cl)ccc(C)c2Cl)=N1. The molecule has 19 heavy (non-hydrogen) atoms. The lowest BCUT2D eigenvalue weighted by Gasteiger charge is -2.29. The molecule has 0 radical (unpaired) electrons. The van der Waals surface area contributed by atoms with E-state index in [4.69, 9.17) is 28.2 Å². The Balaban J connectivity index is 2.29. The predicted molar refractivity (Wildman–Crippen MR) is 88.0 cm³/mol. The van der Waals surface area contributed by atoms with Crippen molar-refractivity contribution >= 4 is 45.8 Å². The van der Waals surface area contributed by atoms with E-state index in [-0.39, 0.29) is 5.54 Å². The zero-order valence-electron chi connectivity index (χ0n) is 11.4. The summed E-state index contributed by atoms with van der Waals surface area (Å²) in [7, 11) is 0. The van der Waals surface area contributed by atoms with Gasteiger partial charge in [0.05, 0.1) is 21.3 Å². The van der Waals surface area contributed by atoms with Crippen molar-refractivity contribution in [1.29, 1.82) is 0 Å². The number of aliphatic imine (C=N–C) groups is 1. The minimum absolute atomic E-state index is 0.0242. The molecule has 1 N–H and O–H groups in total. The highest BCUT2D eigenvalue weighted by Gasteiger charge is 2.26. The molecule has 104 valence electrons. The van der Waals surface area contributed by atoms with Gasteiger partial charge in [-0.2, -0.15) is 0 Å². The number of nitrogens with one attached hydrogen (secondary N) is 1. The molecule has 0 aliphatic carbocycles. The molecular formula is C14H18Cl2N2S. The second-order valence-corrected chi connectivity index (χ2v) is 6.91. The highest BCUT2D eigenvalue weighted by atomic mass is 35.5. The third kappa shape index (κ3) is 3.39. The van der Waals surface area contributed by atoms with Crippen LogP contribution in [0.15, 0.2) is 17.1 Å². The molecule has 5 heteroatoms. The first-order chi connectivity index (χ1) is 8.95. The van der Waals surface area contributed by atoms with E-state index in [0.717, 1.165) is 35.0 Å². The standard InChI is InChI=1S/C14H18Cl2N2S/c1-4-14(3)7-8-19-13(18-14)17-12-10(15)6-5-9(2)11(12)16/h5-6H,4,7-8H2,1-3H3,(H,17,18). The fourth-order valence-corrected chi connectivity index (χ4v) is 3.56. The summed E-state index contributed by atoms with van der Waals surface area (Å²) in [5.74, 6) is 1.07. The Morgan fingerprint density at radius 3 is 2.84 bits per heavy atom. The molecular weight excluding hydrogens is 299 g/mol. The molecule has 2 nitrogen and oxygen atoms in total. The quantitative estimate of drug-likeness (QED) is 0.792. The highest BCUT2D eigenvalue weighted by Crippen LogP contribution is 2.35. The Kier molecular flexibility index (Phi) is 4.70. The van der Waals surface area contributed by atoms with Crippen molar-refractivity contribution in [2.45, 2.75) is 39.2 Å². The summed E-state index contributed by atoms with van der Waals surface area (Å²) < 4.78 is 0. The van der Waals surface area contributed by atoms with Crippen molar-refractivity contribution in [2.75, 3.05) is 11.1 Å².